The van der Waals surface area contributed by atoms with Crippen LogP contribution < -0.4 is 14.4 Å². The van der Waals surface area contributed by atoms with Crippen molar-refractivity contribution in [2.45, 2.75) is 17.5 Å². The standard InChI is InChI=1S/C19H19F3N2O4S/c1-28-16-7-5-15(6-8-16)24-12-13(9-18(24)25)11-23-29(26,27)17-4-2-3-14(10-17)19(20,21)22/h2-8,10,13,23H,9,11-12H2,1H3. The SMILES string of the molecule is COc1ccc(N2CC(CNS(=O)(=O)c3cccc(C(F)(F)F)c3)CC2=O)cc1. The van der Waals surface area contributed by atoms with E-state index in [9.17, 15) is 26.4 Å². The maximum absolute atomic E-state index is 12.8. The molecule has 1 N–H and O–H groups in total. The van der Waals surface area contributed by atoms with Gasteiger partial charge < -0.3 is 9.64 Å². The Balaban J connectivity index is 1.66. The average Bonchev–Trinajstić information content (AvgIpc) is 3.07. The Kier molecular flexibility index (Phi) is 5.85. The van der Waals surface area contributed by atoms with Gasteiger partial charge in [-0.3, -0.25) is 4.79 Å². The van der Waals surface area contributed by atoms with Crippen LogP contribution in [0.4, 0.5) is 18.9 Å². The number of amides is 1. The number of alkyl halides is 3. The summed E-state index contributed by atoms with van der Waals surface area (Å²) < 4.78 is 70.6. The van der Waals surface area contributed by atoms with Gasteiger partial charge in [0.05, 0.1) is 17.6 Å². The zero-order valence-corrected chi connectivity index (χ0v) is 16.3. The summed E-state index contributed by atoms with van der Waals surface area (Å²) in [6.45, 7) is 0.243. The van der Waals surface area contributed by atoms with Crippen molar-refractivity contribution in [2.24, 2.45) is 5.92 Å². The number of nitrogens with zero attached hydrogens (tertiary/aromatic N) is 1. The summed E-state index contributed by atoms with van der Waals surface area (Å²) in [5.41, 5.74) is -0.374. The Morgan fingerprint density at radius 2 is 1.86 bits per heavy atom. The molecule has 2 aromatic rings. The Morgan fingerprint density at radius 3 is 2.48 bits per heavy atom. The van der Waals surface area contributed by atoms with Gasteiger partial charge in [-0.25, -0.2) is 13.1 Å². The first kappa shape index (κ1) is 21.1. The fourth-order valence-electron chi connectivity index (χ4n) is 3.08. The Hall–Kier alpha value is -2.59. The predicted octanol–water partition coefficient (Wildman–Crippen LogP) is 3.05. The van der Waals surface area contributed by atoms with Crippen LogP contribution in [0.25, 0.3) is 0 Å². The van der Waals surface area contributed by atoms with Gasteiger partial charge in [-0.15, -0.1) is 0 Å². The van der Waals surface area contributed by atoms with E-state index < -0.39 is 26.7 Å². The van der Waals surface area contributed by atoms with Crippen molar-refractivity contribution in [3.63, 3.8) is 0 Å². The van der Waals surface area contributed by atoms with Crippen LogP contribution in [-0.4, -0.2) is 34.5 Å². The quantitative estimate of drug-likeness (QED) is 0.768. The lowest BCUT2D eigenvalue weighted by Gasteiger charge is -2.17. The van der Waals surface area contributed by atoms with Gasteiger partial charge in [0.1, 0.15) is 5.75 Å². The van der Waals surface area contributed by atoms with E-state index in [2.05, 4.69) is 4.72 Å². The number of ether oxygens (including phenoxy) is 1. The lowest BCUT2D eigenvalue weighted by molar-refractivity contribution is -0.137. The van der Waals surface area contributed by atoms with Gasteiger partial charge in [0.15, 0.2) is 0 Å². The van der Waals surface area contributed by atoms with Crippen LogP contribution in [0.15, 0.2) is 53.4 Å². The van der Waals surface area contributed by atoms with E-state index in [-0.39, 0.29) is 24.8 Å². The van der Waals surface area contributed by atoms with Crippen molar-refractivity contribution in [3.8, 4) is 5.75 Å². The summed E-state index contributed by atoms with van der Waals surface area (Å²) in [4.78, 5) is 13.4. The molecule has 1 aliphatic rings. The van der Waals surface area contributed by atoms with E-state index >= 15 is 0 Å². The molecule has 10 heteroatoms. The summed E-state index contributed by atoms with van der Waals surface area (Å²) in [5.74, 6) is 0.189. The second-order valence-electron chi connectivity index (χ2n) is 6.65. The summed E-state index contributed by atoms with van der Waals surface area (Å²) in [5, 5.41) is 0. The minimum absolute atomic E-state index is 0.0586. The molecule has 1 saturated heterocycles. The molecular formula is C19H19F3N2O4S. The second-order valence-corrected chi connectivity index (χ2v) is 8.42. The van der Waals surface area contributed by atoms with Crippen LogP contribution in [0.3, 0.4) is 0 Å². The van der Waals surface area contributed by atoms with Crippen LogP contribution in [0.1, 0.15) is 12.0 Å². The molecule has 3 rings (SSSR count). The molecule has 0 aromatic heterocycles. The van der Waals surface area contributed by atoms with Gasteiger partial charge in [0.2, 0.25) is 15.9 Å². The molecule has 1 unspecified atom stereocenters. The van der Waals surface area contributed by atoms with Crippen LogP contribution in [-0.2, 0) is 21.0 Å². The average molecular weight is 428 g/mol. The Bertz CT molecular complexity index is 991. The third-order valence-electron chi connectivity index (χ3n) is 4.62. The highest BCUT2D eigenvalue weighted by Crippen LogP contribution is 2.31. The summed E-state index contributed by atoms with van der Waals surface area (Å²) >= 11 is 0. The van der Waals surface area contributed by atoms with Crippen LogP contribution >= 0.6 is 0 Å². The molecule has 1 fully saturated rings. The maximum Gasteiger partial charge on any atom is 0.416 e. The second kappa shape index (κ2) is 8.03. The normalized spacial score (nSPS) is 17.6. The van der Waals surface area contributed by atoms with Gasteiger partial charge in [0.25, 0.3) is 0 Å². The molecule has 0 bridgehead atoms. The zero-order valence-electron chi connectivity index (χ0n) is 15.4. The Morgan fingerprint density at radius 1 is 1.17 bits per heavy atom. The summed E-state index contributed by atoms with van der Waals surface area (Å²) in [7, 11) is -2.61. The number of nitrogens with one attached hydrogen (secondary N) is 1. The van der Waals surface area contributed by atoms with Crippen molar-refractivity contribution in [2.75, 3.05) is 25.1 Å². The number of hydrogen-bond acceptors (Lipinski definition) is 4. The molecule has 0 saturated carbocycles. The maximum atomic E-state index is 12.8. The van der Waals surface area contributed by atoms with Gasteiger partial charge >= 0.3 is 6.18 Å². The molecule has 2 aromatic carbocycles. The van der Waals surface area contributed by atoms with E-state index in [0.717, 1.165) is 18.2 Å². The highest BCUT2D eigenvalue weighted by atomic mass is 32.2. The Labute approximate surface area is 166 Å². The van der Waals surface area contributed by atoms with Crippen molar-refractivity contribution in [3.05, 3.63) is 54.1 Å². The first-order valence-electron chi connectivity index (χ1n) is 8.71. The van der Waals surface area contributed by atoms with E-state index in [1.165, 1.54) is 7.11 Å². The third-order valence-corrected chi connectivity index (χ3v) is 6.04. The van der Waals surface area contributed by atoms with Crippen LogP contribution in [0.5, 0.6) is 5.75 Å². The lowest BCUT2D eigenvalue weighted by Crippen LogP contribution is -2.31. The number of methoxy groups -OCH3 is 1. The number of rotatable bonds is 6. The molecule has 0 radical (unpaired) electrons. The van der Waals surface area contributed by atoms with E-state index in [1.54, 1.807) is 29.2 Å². The number of hydrogen-bond donors (Lipinski definition) is 1. The van der Waals surface area contributed by atoms with E-state index in [4.69, 9.17) is 4.74 Å². The van der Waals surface area contributed by atoms with Crippen LogP contribution in [0, 0.1) is 5.92 Å². The summed E-state index contributed by atoms with van der Waals surface area (Å²) in [6, 6.07) is 10.4. The monoisotopic (exact) mass is 428 g/mol. The molecule has 29 heavy (non-hydrogen) atoms. The van der Waals surface area contributed by atoms with Gasteiger partial charge in [-0.1, -0.05) is 6.07 Å². The van der Waals surface area contributed by atoms with Gasteiger partial charge in [-0.2, -0.15) is 13.2 Å². The van der Waals surface area contributed by atoms with Crippen LogP contribution in [0.2, 0.25) is 0 Å². The van der Waals surface area contributed by atoms with Crippen molar-refractivity contribution in [1.29, 1.82) is 0 Å². The van der Waals surface area contributed by atoms with Crippen molar-refractivity contribution >= 4 is 21.6 Å². The topological polar surface area (TPSA) is 75.7 Å². The number of carbonyl (C=O) groups excluding carboxylic acids is 1. The van der Waals surface area contributed by atoms with E-state index in [1.807, 2.05) is 0 Å². The molecule has 0 aliphatic carbocycles. The molecule has 1 atom stereocenters. The third kappa shape index (κ3) is 4.88. The molecule has 1 heterocycles. The number of carbonyl (C=O) groups is 1. The zero-order chi connectivity index (χ0) is 21.2. The molecule has 1 amide bonds. The van der Waals surface area contributed by atoms with E-state index in [0.29, 0.717) is 24.0 Å². The minimum atomic E-state index is -4.64. The smallest absolute Gasteiger partial charge is 0.416 e. The number of sulfonamides is 1. The molecule has 156 valence electrons. The molecule has 6 nitrogen and oxygen atoms in total. The van der Waals surface area contributed by atoms with Crippen molar-refractivity contribution < 1.29 is 31.1 Å². The molecule has 0 spiro atoms. The van der Waals surface area contributed by atoms with Gasteiger partial charge in [0, 0.05) is 25.2 Å². The first-order valence-corrected chi connectivity index (χ1v) is 10.2. The molecular weight excluding hydrogens is 409 g/mol. The minimum Gasteiger partial charge on any atom is -0.497 e. The predicted molar refractivity (Wildman–Crippen MR) is 100 cm³/mol. The molecule has 1 aliphatic heterocycles. The number of anilines is 1. The fraction of sp³-hybridized carbons (Fsp3) is 0.316. The first-order chi connectivity index (χ1) is 13.6. The highest BCUT2D eigenvalue weighted by Gasteiger charge is 2.33. The number of benzene rings is 2. The number of halogens is 3. The fourth-order valence-corrected chi connectivity index (χ4v) is 4.24. The largest absolute Gasteiger partial charge is 0.497 e. The lowest BCUT2D eigenvalue weighted by atomic mass is 10.1. The van der Waals surface area contributed by atoms with Gasteiger partial charge in [-0.05, 0) is 48.4 Å². The van der Waals surface area contributed by atoms with Crippen molar-refractivity contribution in [1.82, 2.24) is 4.72 Å². The summed E-state index contributed by atoms with van der Waals surface area (Å²) in [6.07, 6.45) is -4.50. The highest BCUT2D eigenvalue weighted by molar-refractivity contribution is 7.89.